The van der Waals surface area contributed by atoms with Crippen LogP contribution in [0.2, 0.25) is 0 Å². The van der Waals surface area contributed by atoms with Gasteiger partial charge < -0.3 is 9.32 Å². The van der Waals surface area contributed by atoms with Crippen molar-refractivity contribution in [2.24, 2.45) is 10.2 Å². The molecule has 0 saturated carbocycles. The van der Waals surface area contributed by atoms with Crippen LogP contribution in [0.25, 0.3) is 11.3 Å². The monoisotopic (exact) mass is 279 g/mol. The first-order valence-corrected chi connectivity index (χ1v) is 6.98. The lowest BCUT2D eigenvalue weighted by molar-refractivity contribution is 0.259. The van der Waals surface area contributed by atoms with Crippen molar-refractivity contribution in [2.45, 2.75) is 18.6 Å². The molecule has 0 aliphatic carbocycles. The molecule has 2 unspecified atom stereocenters. The van der Waals surface area contributed by atoms with E-state index in [2.05, 4.69) is 38.7 Å². The highest BCUT2D eigenvalue weighted by molar-refractivity contribution is 5.87. The summed E-state index contributed by atoms with van der Waals surface area (Å²) >= 11 is 0. The number of hydrazone groups is 2. The second-order valence-electron chi connectivity index (χ2n) is 5.39. The van der Waals surface area contributed by atoms with Crippen molar-refractivity contribution in [3.05, 3.63) is 42.2 Å². The van der Waals surface area contributed by atoms with Gasteiger partial charge in [0.2, 0.25) is 0 Å². The van der Waals surface area contributed by atoms with Gasteiger partial charge in [0, 0.05) is 18.1 Å². The van der Waals surface area contributed by atoms with Crippen LogP contribution in [0.5, 0.6) is 0 Å². The summed E-state index contributed by atoms with van der Waals surface area (Å²) in [5, 5.41) is 10.3. The van der Waals surface area contributed by atoms with Crippen LogP contribution < -0.4 is 10.3 Å². The minimum Gasteiger partial charge on any atom is -0.459 e. The van der Waals surface area contributed by atoms with E-state index < -0.39 is 0 Å². The molecule has 1 N–H and O–H groups in total. The third-order valence-corrected chi connectivity index (χ3v) is 4.22. The van der Waals surface area contributed by atoms with Crippen LogP contribution in [0.4, 0.5) is 5.69 Å². The van der Waals surface area contributed by atoms with Crippen LogP contribution in [0.3, 0.4) is 0 Å². The van der Waals surface area contributed by atoms with Crippen molar-refractivity contribution in [3.8, 4) is 11.3 Å². The fraction of sp³-hybridized carbons (Fsp3) is 0.200. The second-order valence-corrected chi connectivity index (χ2v) is 5.39. The summed E-state index contributed by atoms with van der Waals surface area (Å²) in [6.45, 7) is 0. The number of benzene rings is 1. The lowest BCUT2D eigenvalue weighted by Crippen LogP contribution is -2.54. The molecule has 1 aromatic carbocycles. The molecule has 6 heteroatoms. The average Bonchev–Trinajstić information content (AvgIpc) is 3.20. The van der Waals surface area contributed by atoms with Crippen molar-refractivity contribution in [1.82, 2.24) is 10.4 Å². The predicted molar refractivity (Wildman–Crippen MR) is 79.9 cm³/mol. The molecule has 0 radical (unpaired) electrons. The highest BCUT2D eigenvalue weighted by Gasteiger charge is 2.43. The number of hydrogen-bond acceptors (Lipinski definition) is 6. The number of fused-ring (bicyclic) bond motifs is 5. The minimum atomic E-state index is 0.0813. The quantitative estimate of drug-likeness (QED) is 0.865. The number of rotatable bonds is 1. The normalized spacial score (nSPS) is 24.8. The summed E-state index contributed by atoms with van der Waals surface area (Å²) in [7, 11) is 0. The zero-order chi connectivity index (χ0) is 13.8. The zero-order valence-corrected chi connectivity index (χ0v) is 11.2. The first kappa shape index (κ1) is 11.0. The molecule has 104 valence electrons. The van der Waals surface area contributed by atoms with E-state index in [-0.39, 0.29) is 12.2 Å². The third kappa shape index (κ3) is 1.47. The molecule has 5 rings (SSSR count). The molecule has 0 saturated heterocycles. The highest BCUT2D eigenvalue weighted by Crippen LogP contribution is 2.40. The Balaban J connectivity index is 1.53. The molecule has 1 aromatic heterocycles. The van der Waals surface area contributed by atoms with Gasteiger partial charge in [0.1, 0.15) is 24.2 Å². The van der Waals surface area contributed by atoms with E-state index in [1.165, 1.54) is 0 Å². The Bertz CT molecular complexity index is 751. The lowest BCUT2D eigenvalue weighted by Gasteiger charge is -2.34. The molecule has 3 aliphatic rings. The van der Waals surface area contributed by atoms with Crippen LogP contribution in [0.1, 0.15) is 5.76 Å². The van der Waals surface area contributed by atoms with Gasteiger partial charge in [-0.25, -0.2) is 5.01 Å². The maximum Gasteiger partial charge on any atom is 0.158 e. The molecule has 6 nitrogen and oxygen atoms in total. The van der Waals surface area contributed by atoms with Crippen molar-refractivity contribution in [3.63, 3.8) is 0 Å². The Hall–Kier alpha value is -2.76. The molecule has 0 amide bonds. The van der Waals surface area contributed by atoms with Gasteiger partial charge >= 0.3 is 0 Å². The standard InChI is InChI=1S/C15H13N5O/c1-2-4-10(5-3-1)13-6-11-14(21-13)7-12-15-18-16-8-20(15)17-9-19(11)12/h1-6,8-9,12,15,18H,7H2. The summed E-state index contributed by atoms with van der Waals surface area (Å²) in [5.74, 6) is 1.92. The summed E-state index contributed by atoms with van der Waals surface area (Å²) in [4.78, 5) is 2.17. The smallest absolute Gasteiger partial charge is 0.158 e. The minimum absolute atomic E-state index is 0.0813. The van der Waals surface area contributed by atoms with Crippen LogP contribution in [-0.2, 0) is 6.42 Å². The molecule has 2 aromatic rings. The summed E-state index contributed by atoms with van der Waals surface area (Å²) in [6.07, 6.45) is 4.51. The first-order chi connectivity index (χ1) is 10.4. The summed E-state index contributed by atoms with van der Waals surface area (Å²) in [6, 6.07) is 12.5. The molecule has 0 bridgehead atoms. The average molecular weight is 279 g/mol. The lowest BCUT2D eigenvalue weighted by atomic mass is 10.1. The van der Waals surface area contributed by atoms with Gasteiger partial charge in [-0.1, -0.05) is 30.3 Å². The van der Waals surface area contributed by atoms with Crippen molar-refractivity contribution in [2.75, 3.05) is 4.90 Å². The second kappa shape index (κ2) is 3.88. The van der Waals surface area contributed by atoms with Gasteiger partial charge in [-0.3, -0.25) is 5.43 Å². The largest absolute Gasteiger partial charge is 0.459 e. The van der Waals surface area contributed by atoms with Crippen LogP contribution in [0, 0.1) is 0 Å². The first-order valence-electron chi connectivity index (χ1n) is 6.98. The summed E-state index contributed by atoms with van der Waals surface area (Å²) in [5.41, 5.74) is 5.31. The van der Waals surface area contributed by atoms with Gasteiger partial charge in [0.25, 0.3) is 0 Å². The van der Waals surface area contributed by atoms with Gasteiger partial charge in [-0.2, -0.15) is 10.2 Å². The topological polar surface area (TPSA) is 56.4 Å². The molecular weight excluding hydrogens is 266 g/mol. The number of hydrogen-bond donors (Lipinski definition) is 1. The molecular formula is C15H13N5O. The molecule has 0 fully saturated rings. The molecule has 3 aliphatic heterocycles. The van der Waals surface area contributed by atoms with Crippen LogP contribution in [0.15, 0.2) is 51.0 Å². The summed E-state index contributed by atoms with van der Waals surface area (Å²) < 4.78 is 6.06. The molecule has 0 spiro atoms. The zero-order valence-electron chi connectivity index (χ0n) is 11.2. The van der Waals surface area contributed by atoms with Gasteiger partial charge in [-0.15, -0.1) is 0 Å². The van der Waals surface area contributed by atoms with E-state index in [4.69, 9.17) is 4.42 Å². The van der Waals surface area contributed by atoms with E-state index in [0.717, 1.165) is 29.2 Å². The molecule has 4 heterocycles. The maximum absolute atomic E-state index is 6.06. The SMILES string of the molecule is C1=NNC2C3Cc4oc(-c5ccccc5)cc4N3C=NN12. The van der Waals surface area contributed by atoms with E-state index in [0.29, 0.717) is 0 Å². The number of nitrogens with zero attached hydrogens (tertiary/aromatic N) is 4. The van der Waals surface area contributed by atoms with E-state index in [9.17, 15) is 0 Å². The van der Waals surface area contributed by atoms with Gasteiger partial charge in [0.05, 0.1) is 11.7 Å². The Morgan fingerprint density at radius 3 is 3.00 bits per heavy atom. The molecule has 21 heavy (non-hydrogen) atoms. The van der Waals surface area contributed by atoms with Crippen molar-refractivity contribution in [1.29, 1.82) is 0 Å². The van der Waals surface area contributed by atoms with E-state index >= 15 is 0 Å². The van der Waals surface area contributed by atoms with Crippen LogP contribution in [-0.4, -0.2) is 29.9 Å². The van der Waals surface area contributed by atoms with Crippen LogP contribution >= 0.6 is 0 Å². The Kier molecular flexibility index (Phi) is 2.02. The fourth-order valence-corrected chi connectivity index (χ4v) is 3.19. The van der Waals surface area contributed by atoms with Crippen molar-refractivity contribution >= 4 is 18.4 Å². The fourth-order valence-electron chi connectivity index (χ4n) is 3.19. The highest BCUT2D eigenvalue weighted by atomic mass is 16.3. The Labute approximate surface area is 121 Å². The van der Waals surface area contributed by atoms with Gasteiger partial charge in [-0.05, 0) is 0 Å². The van der Waals surface area contributed by atoms with Crippen molar-refractivity contribution < 1.29 is 4.42 Å². The Morgan fingerprint density at radius 2 is 2.10 bits per heavy atom. The Morgan fingerprint density at radius 1 is 1.19 bits per heavy atom. The van der Waals surface area contributed by atoms with E-state index in [1.54, 1.807) is 6.34 Å². The number of anilines is 1. The predicted octanol–water partition coefficient (Wildman–Crippen LogP) is 1.81. The van der Waals surface area contributed by atoms with Gasteiger partial charge in [0.15, 0.2) is 6.17 Å². The third-order valence-electron chi connectivity index (χ3n) is 4.22. The molecule has 2 atom stereocenters. The number of furan rings is 1. The number of nitrogens with one attached hydrogen (secondary N) is 1. The maximum atomic E-state index is 6.06. The van der Waals surface area contributed by atoms with E-state index in [1.807, 2.05) is 29.5 Å².